The summed E-state index contributed by atoms with van der Waals surface area (Å²) in [5.74, 6) is 0.717. The molecule has 0 saturated heterocycles. The number of ether oxygens (including phenoxy) is 1. The zero-order valence-corrected chi connectivity index (χ0v) is 17.8. The SMILES string of the molecule is CCCCCCCCCCCCCOc1ccc(C(C)=O)c(O)c1CCC. The molecule has 0 saturated carbocycles. The van der Waals surface area contributed by atoms with Crippen LogP contribution < -0.4 is 4.74 Å². The van der Waals surface area contributed by atoms with Crippen LogP contribution >= 0.6 is 0 Å². The summed E-state index contributed by atoms with van der Waals surface area (Å²) >= 11 is 0. The van der Waals surface area contributed by atoms with Crippen molar-refractivity contribution in [3.8, 4) is 11.5 Å². The van der Waals surface area contributed by atoms with Gasteiger partial charge in [0.2, 0.25) is 0 Å². The van der Waals surface area contributed by atoms with Crippen LogP contribution in [0, 0.1) is 0 Å². The van der Waals surface area contributed by atoms with Gasteiger partial charge in [0.1, 0.15) is 11.5 Å². The predicted octanol–water partition coefficient (Wildman–Crippen LogP) is 7.24. The molecule has 0 aliphatic carbocycles. The molecule has 0 aliphatic rings. The van der Waals surface area contributed by atoms with E-state index in [1.54, 1.807) is 6.07 Å². The van der Waals surface area contributed by atoms with Gasteiger partial charge in [-0.2, -0.15) is 0 Å². The van der Waals surface area contributed by atoms with Crippen LogP contribution in [0.15, 0.2) is 12.1 Å². The summed E-state index contributed by atoms with van der Waals surface area (Å²) < 4.78 is 5.92. The maximum atomic E-state index is 11.6. The van der Waals surface area contributed by atoms with Crippen LogP contribution in [0.4, 0.5) is 0 Å². The third-order valence-corrected chi connectivity index (χ3v) is 5.12. The molecule has 0 spiro atoms. The maximum Gasteiger partial charge on any atom is 0.163 e. The summed E-state index contributed by atoms with van der Waals surface area (Å²) in [7, 11) is 0. The van der Waals surface area contributed by atoms with Crippen LogP contribution in [-0.4, -0.2) is 17.5 Å². The number of rotatable bonds is 16. The highest BCUT2D eigenvalue weighted by molar-refractivity contribution is 5.97. The Morgan fingerprint density at radius 1 is 0.852 bits per heavy atom. The number of benzene rings is 1. The van der Waals surface area contributed by atoms with E-state index in [-0.39, 0.29) is 11.5 Å². The zero-order valence-electron chi connectivity index (χ0n) is 17.8. The molecule has 0 heterocycles. The first-order chi connectivity index (χ1) is 13.1. The summed E-state index contributed by atoms with van der Waals surface area (Å²) in [6, 6.07) is 3.51. The van der Waals surface area contributed by atoms with Gasteiger partial charge in [0, 0.05) is 5.56 Å². The molecule has 0 aromatic heterocycles. The van der Waals surface area contributed by atoms with E-state index in [0.29, 0.717) is 12.2 Å². The van der Waals surface area contributed by atoms with Crippen molar-refractivity contribution in [3.05, 3.63) is 23.3 Å². The van der Waals surface area contributed by atoms with Gasteiger partial charge in [0.05, 0.1) is 12.2 Å². The molecule has 3 nitrogen and oxygen atoms in total. The summed E-state index contributed by atoms with van der Waals surface area (Å²) in [6.07, 6.45) is 16.1. The molecule has 27 heavy (non-hydrogen) atoms. The van der Waals surface area contributed by atoms with Gasteiger partial charge < -0.3 is 9.84 Å². The van der Waals surface area contributed by atoms with E-state index in [0.717, 1.165) is 30.6 Å². The van der Waals surface area contributed by atoms with E-state index in [4.69, 9.17) is 4.74 Å². The fourth-order valence-electron chi connectivity index (χ4n) is 3.48. The van der Waals surface area contributed by atoms with Crippen LogP contribution in [0.25, 0.3) is 0 Å². The molecular weight excluding hydrogens is 336 g/mol. The number of hydrogen-bond acceptors (Lipinski definition) is 3. The fraction of sp³-hybridized carbons (Fsp3) is 0.708. The minimum Gasteiger partial charge on any atom is -0.507 e. The molecule has 0 fully saturated rings. The van der Waals surface area contributed by atoms with Crippen LogP contribution in [0.1, 0.15) is 114 Å². The van der Waals surface area contributed by atoms with E-state index in [2.05, 4.69) is 13.8 Å². The molecule has 3 heteroatoms. The summed E-state index contributed by atoms with van der Waals surface area (Å²) in [4.78, 5) is 11.6. The highest BCUT2D eigenvalue weighted by Gasteiger charge is 2.15. The average Bonchev–Trinajstić information content (AvgIpc) is 2.65. The molecular formula is C24H40O3. The van der Waals surface area contributed by atoms with Crippen LogP contribution in [0.3, 0.4) is 0 Å². The lowest BCUT2D eigenvalue weighted by atomic mass is 10.0. The Morgan fingerprint density at radius 2 is 1.41 bits per heavy atom. The number of ketones is 1. The molecule has 0 atom stereocenters. The van der Waals surface area contributed by atoms with Gasteiger partial charge in [0.15, 0.2) is 5.78 Å². The normalized spacial score (nSPS) is 10.9. The Morgan fingerprint density at radius 3 is 1.93 bits per heavy atom. The lowest BCUT2D eigenvalue weighted by Crippen LogP contribution is -2.03. The molecule has 154 valence electrons. The largest absolute Gasteiger partial charge is 0.507 e. The van der Waals surface area contributed by atoms with Crippen molar-refractivity contribution >= 4 is 5.78 Å². The lowest BCUT2D eigenvalue weighted by molar-refractivity contribution is 0.101. The monoisotopic (exact) mass is 376 g/mol. The Labute approximate surface area is 166 Å². The molecule has 0 amide bonds. The van der Waals surface area contributed by atoms with Crippen LogP contribution in [-0.2, 0) is 6.42 Å². The van der Waals surface area contributed by atoms with Crippen molar-refractivity contribution in [2.75, 3.05) is 6.61 Å². The second-order valence-electron chi connectivity index (χ2n) is 7.63. The topological polar surface area (TPSA) is 46.5 Å². The summed E-state index contributed by atoms with van der Waals surface area (Å²) in [5, 5.41) is 10.4. The van der Waals surface area contributed by atoms with Crippen molar-refractivity contribution in [1.82, 2.24) is 0 Å². The Balaban J connectivity index is 2.23. The van der Waals surface area contributed by atoms with Gasteiger partial charge in [-0.15, -0.1) is 0 Å². The minimum absolute atomic E-state index is 0.0980. The molecule has 1 aromatic rings. The minimum atomic E-state index is -0.109. The van der Waals surface area contributed by atoms with Crippen molar-refractivity contribution in [1.29, 1.82) is 0 Å². The van der Waals surface area contributed by atoms with Crippen molar-refractivity contribution in [2.24, 2.45) is 0 Å². The zero-order chi connectivity index (χ0) is 19.9. The molecule has 0 unspecified atom stereocenters. The lowest BCUT2D eigenvalue weighted by Gasteiger charge is -2.14. The van der Waals surface area contributed by atoms with Gasteiger partial charge in [-0.25, -0.2) is 0 Å². The molecule has 1 N–H and O–H groups in total. The van der Waals surface area contributed by atoms with Crippen LogP contribution in [0.5, 0.6) is 11.5 Å². The predicted molar refractivity (Wildman–Crippen MR) is 114 cm³/mol. The number of carbonyl (C=O) groups is 1. The first-order valence-corrected chi connectivity index (χ1v) is 11.1. The Hall–Kier alpha value is -1.51. The van der Waals surface area contributed by atoms with E-state index < -0.39 is 0 Å². The molecule has 0 radical (unpaired) electrons. The van der Waals surface area contributed by atoms with Crippen molar-refractivity contribution in [3.63, 3.8) is 0 Å². The van der Waals surface area contributed by atoms with Gasteiger partial charge in [-0.05, 0) is 31.9 Å². The van der Waals surface area contributed by atoms with Crippen molar-refractivity contribution < 1.29 is 14.6 Å². The summed E-state index contributed by atoms with van der Waals surface area (Å²) in [5.41, 5.74) is 1.16. The number of Topliss-reactive ketones (excluding diaryl/α,β-unsaturated/α-hetero) is 1. The van der Waals surface area contributed by atoms with E-state index in [1.807, 2.05) is 6.07 Å². The highest BCUT2D eigenvalue weighted by Crippen LogP contribution is 2.33. The number of phenolic OH excluding ortho intramolecular Hbond substituents is 1. The fourth-order valence-corrected chi connectivity index (χ4v) is 3.48. The number of phenols is 1. The Bertz CT molecular complexity index is 537. The molecule has 0 aliphatic heterocycles. The number of carbonyl (C=O) groups excluding carboxylic acids is 1. The average molecular weight is 377 g/mol. The second kappa shape index (κ2) is 14.5. The standard InChI is InChI=1S/C24H40O3/c1-4-6-7-8-9-10-11-12-13-14-15-19-27-23-18-17-21(20(3)25)24(26)22(23)16-5-2/h17-18,26H,4-16,19H2,1-3H3. The third-order valence-electron chi connectivity index (χ3n) is 5.12. The highest BCUT2D eigenvalue weighted by atomic mass is 16.5. The van der Waals surface area contributed by atoms with E-state index >= 15 is 0 Å². The van der Waals surface area contributed by atoms with Gasteiger partial charge in [-0.3, -0.25) is 4.79 Å². The third kappa shape index (κ3) is 9.30. The van der Waals surface area contributed by atoms with Gasteiger partial charge in [-0.1, -0.05) is 84.5 Å². The van der Waals surface area contributed by atoms with Gasteiger partial charge in [0.25, 0.3) is 0 Å². The van der Waals surface area contributed by atoms with E-state index in [1.165, 1.54) is 71.1 Å². The number of unbranched alkanes of at least 4 members (excludes halogenated alkanes) is 10. The second-order valence-corrected chi connectivity index (χ2v) is 7.63. The quantitative estimate of drug-likeness (QED) is 0.244. The van der Waals surface area contributed by atoms with Crippen LogP contribution in [0.2, 0.25) is 0 Å². The van der Waals surface area contributed by atoms with Gasteiger partial charge >= 0.3 is 0 Å². The van der Waals surface area contributed by atoms with E-state index in [9.17, 15) is 9.90 Å². The number of aromatic hydroxyl groups is 1. The molecule has 1 rings (SSSR count). The summed E-state index contributed by atoms with van der Waals surface area (Å²) in [6.45, 7) is 6.48. The maximum absolute atomic E-state index is 11.6. The molecule has 0 bridgehead atoms. The smallest absolute Gasteiger partial charge is 0.163 e. The molecule has 1 aromatic carbocycles. The number of hydrogen-bond donors (Lipinski definition) is 1. The Kier molecular flexibility index (Phi) is 12.7. The van der Waals surface area contributed by atoms with Crippen molar-refractivity contribution in [2.45, 2.75) is 104 Å². The first kappa shape index (κ1) is 23.5. The first-order valence-electron chi connectivity index (χ1n) is 11.1.